The molecule has 0 spiro atoms. The maximum atomic E-state index is 11.8. The summed E-state index contributed by atoms with van der Waals surface area (Å²) < 4.78 is 0. The monoisotopic (exact) mass is 211 g/mol. The van der Waals surface area contributed by atoms with E-state index in [1.165, 1.54) is 19.3 Å². The van der Waals surface area contributed by atoms with Crippen molar-refractivity contribution >= 4 is 5.78 Å². The van der Waals surface area contributed by atoms with Gasteiger partial charge in [-0.3, -0.25) is 4.79 Å². The van der Waals surface area contributed by atoms with Crippen molar-refractivity contribution in [1.82, 2.24) is 4.90 Å². The van der Waals surface area contributed by atoms with Crippen LogP contribution in [0.3, 0.4) is 0 Å². The van der Waals surface area contributed by atoms with Crippen molar-refractivity contribution in [3.8, 4) is 0 Å². The Balaban J connectivity index is 2.42. The molecule has 0 N–H and O–H groups in total. The predicted octanol–water partition coefficient (Wildman–Crippen LogP) is 2.87. The Labute approximate surface area is 94.0 Å². The van der Waals surface area contributed by atoms with Crippen LogP contribution in [0, 0.1) is 5.92 Å². The van der Waals surface area contributed by atoms with Gasteiger partial charge in [0.05, 0.1) is 0 Å². The van der Waals surface area contributed by atoms with Crippen LogP contribution in [0.4, 0.5) is 0 Å². The molecule has 2 nitrogen and oxygen atoms in total. The van der Waals surface area contributed by atoms with Crippen LogP contribution < -0.4 is 0 Å². The van der Waals surface area contributed by atoms with Gasteiger partial charge in [-0.2, -0.15) is 0 Å². The van der Waals surface area contributed by atoms with Crippen LogP contribution in [0.1, 0.15) is 52.4 Å². The molecule has 1 saturated carbocycles. The van der Waals surface area contributed by atoms with E-state index in [1.54, 1.807) is 0 Å². The Morgan fingerprint density at radius 1 is 1.27 bits per heavy atom. The highest BCUT2D eigenvalue weighted by atomic mass is 16.1. The quantitative estimate of drug-likeness (QED) is 0.652. The van der Waals surface area contributed by atoms with Gasteiger partial charge in [-0.25, -0.2) is 0 Å². The average Bonchev–Trinajstić information content (AvgIpc) is 2.43. The minimum atomic E-state index is 0.332. The normalized spacial score (nSPS) is 23.1. The molecule has 1 aliphatic carbocycles. The highest BCUT2D eigenvalue weighted by Crippen LogP contribution is 2.20. The summed E-state index contributed by atoms with van der Waals surface area (Å²) in [5.41, 5.74) is 0. The highest BCUT2D eigenvalue weighted by molar-refractivity contribution is 5.81. The van der Waals surface area contributed by atoms with Crippen molar-refractivity contribution in [2.45, 2.75) is 52.4 Å². The summed E-state index contributed by atoms with van der Waals surface area (Å²) in [5, 5.41) is 0. The largest absolute Gasteiger partial charge is 0.303 e. The van der Waals surface area contributed by atoms with E-state index < -0.39 is 0 Å². The van der Waals surface area contributed by atoms with Gasteiger partial charge in [0.2, 0.25) is 0 Å². The highest BCUT2D eigenvalue weighted by Gasteiger charge is 2.22. The molecule has 0 aromatic rings. The Morgan fingerprint density at radius 3 is 2.73 bits per heavy atom. The maximum Gasteiger partial charge on any atom is 0.137 e. The SMILES string of the molecule is CCCN(CC)CC1CCCCCC1=O. The van der Waals surface area contributed by atoms with Crippen molar-refractivity contribution in [3.05, 3.63) is 0 Å². The fourth-order valence-corrected chi connectivity index (χ4v) is 2.43. The summed E-state index contributed by atoms with van der Waals surface area (Å²) in [6.45, 7) is 7.62. The minimum absolute atomic E-state index is 0.332. The zero-order valence-electron chi connectivity index (χ0n) is 10.3. The average molecular weight is 211 g/mol. The van der Waals surface area contributed by atoms with Crippen molar-refractivity contribution in [2.24, 2.45) is 5.92 Å². The summed E-state index contributed by atoms with van der Waals surface area (Å²) in [4.78, 5) is 14.3. The fourth-order valence-electron chi connectivity index (χ4n) is 2.43. The number of Topliss-reactive ketones (excluding diaryl/α,β-unsaturated/α-hetero) is 1. The van der Waals surface area contributed by atoms with Crippen molar-refractivity contribution < 1.29 is 4.79 Å². The first kappa shape index (κ1) is 12.7. The Hall–Kier alpha value is -0.370. The molecule has 88 valence electrons. The van der Waals surface area contributed by atoms with Gasteiger partial charge < -0.3 is 4.90 Å². The number of hydrogen-bond donors (Lipinski definition) is 0. The third kappa shape index (κ3) is 4.33. The van der Waals surface area contributed by atoms with Gasteiger partial charge in [0.15, 0.2) is 0 Å². The van der Waals surface area contributed by atoms with Crippen molar-refractivity contribution in [3.63, 3.8) is 0 Å². The summed E-state index contributed by atoms with van der Waals surface area (Å²) in [6.07, 6.45) is 6.76. The van der Waals surface area contributed by atoms with Crippen molar-refractivity contribution in [2.75, 3.05) is 19.6 Å². The lowest BCUT2D eigenvalue weighted by Crippen LogP contribution is -2.33. The molecule has 0 radical (unpaired) electrons. The second kappa shape index (κ2) is 7.00. The fraction of sp³-hybridized carbons (Fsp3) is 0.923. The summed E-state index contributed by atoms with van der Waals surface area (Å²) in [5.74, 6) is 0.848. The van der Waals surface area contributed by atoms with Crippen LogP contribution in [0.15, 0.2) is 0 Å². The molecule has 0 heterocycles. The van der Waals surface area contributed by atoms with Crippen LogP contribution >= 0.6 is 0 Å². The van der Waals surface area contributed by atoms with Crippen LogP contribution in [0.2, 0.25) is 0 Å². The lowest BCUT2D eigenvalue weighted by atomic mass is 9.98. The van der Waals surface area contributed by atoms with Gasteiger partial charge in [0.1, 0.15) is 5.78 Å². The smallest absolute Gasteiger partial charge is 0.137 e. The Kier molecular flexibility index (Phi) is 5.92. The minimum Gasteiger partial charge on any atom is -0.303 e. The topological polar surface area (TPSA) is 20.3 Å². The molecule has 0 aromatic carbocycles. The molecule has 2 heteroatoms. The third-order valence-corrected chi connectivity index (χ3v) is 3.40. The zero-order valence-corrected chi connectivity index (χ0v) is 10.3. The summed E-state index contributed by atoms with van der Waals surface area (Å²) >= 11 is 0. The molecule has 0 amide bonds. The van der Waals surface area contributed by atoms with Crippen LogP contribution in [0.5, 0.6) is 0 Å². The number of rotatable bonds is 5. The van der Waals surface area contributed by atoms with Gasteiger partial charge in [-0.05, 0) is 32.4 Å². The molecule has 1 aliphatic rings. The predicted molar refractivity (Wildman–Crippen MR) is 64.0 cm³/mol. The van der Waals surface area contributed by atoms with Crippen LogP contribution in [0.25, 0.3) is 0 Å². The Morgan fingerprint density at radius 2 is 2.07 bits per heavy atom. The molecule has 15 heavy (non-hydrogen) atoms. The molecule has 1 rings (SSSR count). The number of carbonyl (C=O) groups excluding carboxylic acids is 1. The van der Waals surface area contributed by atoms with Gasteiger partial charge in [0.25, 0.3) is 0 Å². The Bertz CT molecular complexity index is 191. The molecular formula is C13H25NO. The van der Waals surface area contributed by atoms with Crippen LogP contribution in [-0.2, 0) is 4.79 Å². The first-order valence-electron chi connectivity index (χ1n) is 6.53. The first-order valence-corrected chi connectivity index (χ1v) is 6.53. The van der Waals surface area contributed by atoms with E-state index in [0.717, 1.165) is 38.9 Å². The number of hydrogen-bond acceptors (Lipinski definition) is 2. The van der Waals surface area contributed by atoms with E-state index in [1.807, 2.05) is 0 Å². The first-order chi connectivity index (χ1) is 7.27. The molecule has 1 atom stereocenters. The molecule has 1 fully saturated rings. The second-order valence-corrected chi connectivity index (χ2v) is 4.66. The van der Waals surface area contributed by atoms with E-state index in [4.69, 9.17) is 0 Å². The van der Waals surface area contributed by atoms with Gasteiger partial charge >= 0.3 is 0 Å². The van der Waals surface area contributed by atoms with Gasteiger partial charge in [0, 0.05) is 18.9 Å². The number of ketones is 1. The molecule has 0 bridgehead atoms. The van der Waals surface area contributed by atoms with E-state index in [9.17, 15) is 4.79 Å². The molecular weight excluding hydrogens is 186 g/mol. The molecule has 0 aromatic heterocycles. The summed E-state index contributed by atoms with van der Waals surface area (Å²) in [7, 11) is 0. The van der Waals surface area contributed by atoms with E-state index in [0.29, 0.717) is 11.7 Å². The third-order valence-electron chi connectivity index (χ3n) is 3.40. The van der Waals surface area contributed by atoms with E-state index in [-0.39, 0.29) is 0 Å². The standard InChI is InChI=1S/C13H25NO/c1-3-10-14(4-2)11-12-8-6-5-7-9-13(12)15/h12H,3-11H2,1-2H3. The summed E-state index contributed by atoms with van der Waals surface area (Å²) in [6, 6.07) is 0. The number of nitrogens with zero attached hydrogens (tertiary/aromatic N) is 1. The van der Waals surface area contributed by atoms with Crippen LogP contribution in [-0.4, -0.2) is 30.3 Å². The second-order valence-electron chi connectivity index (χ2n) is 4.66. The number of carbonyl (C=O) groups is 1. The van der Waals surface area contributed by atoms with Gasteiger partial charge in [-0.15, -0.1) is 0 Å². The molecule has 0 aliphatic heterocycles. The van der Waals surface area contributed by atoms with E-state index >= 15 is 0 Å². The molecule has 1 unspecified atom stereocenters. The zero-order chi connectivity index (χ0) is 11.1. The molecule has 0 saturated heterocycles. The van der Waals surface area contributed by atoms with Gasteiger partial charge in [-0.1, -0.05) is 26.7 Å². The van der Waals surface area contributed by atoms with Crippen molar-refractivity contribution in [1.29, 1.82) is 0 Å². The lowest BCUT2D eigenvalue weighted by Gasteiger charge is -2.24. The van der Waals surface area contributed by atoms with E-state index in [2.05, 4.69) is 18.7 Å². The maximum absolute atomic E-state index is 11.8. The lowest BCUT2D eigenvalue weighted by molar-refractivity contribution is -0.123.